The number of methoxy groups -OCH3 is 1. The number of carbonyl (C=O) groups is 1. The van der Waals surface area contributed by atoms with Crippen LogP contribution in [0.2, 0.25) is 0 Å². The van der Waals surface area contributed by atoms with Crippen molar-refractivity contribution in [3.63, 3.8) is 0 Å². The van der Waals surface area contributed by atoms with Crippen molar-refractivity contribution in [2.75, 3.05) is 20.3 Å². The fraction of sp³-hybridized carbons (Fsp3) is 0.250. The Kier molecular flexibility index (Phi) is 6.16. The standard InChI is InChI=1S/C20H18F3N3O5/c1-30-11-10-25-16(18(24)27)17(14-4-2-3-5-15(14)26(28)29)31-19(25)12-6-8-13(9-7-12)20(21,22)23/h2-9,19H,10-11H2,1H3,(H2,24,27). The van der Waals surface area contributed by atoms with E-state index in [1.807, 2.05) is 0 Å². The summed E-state index contributed by atoms with van der Waals surface area (Å²) in [6.45, 7) is 0.242. The van der Waals surface area contributed by atoms with Crippen molar-refractivity contribution in [1.82, 2.24) is 4.90 Å². The fourth-order valence-electron chi connectivity index (χ4n) is 3.25. The highest BCUT2D eigenvalue weighted by Crippen LogP contribution is 2.43. The first kappa shape index (κ1) is 22.1. The number of hydrogen-bond donors (Lipinski definition) is 1. The summed E-state index contributed by atoms with van der Waals surface area (Å²) >= 11 is 0. The number of para-hydroxylation sites is 1. The smallest absolute Gasteiger partial charge is 0.416 e. The molecule has 0 aromatic heterocycles. The van der Waals surface area contributed by atoms with Gasteiger partial charge in [0, 0.05) is 25.3 Å². The second-order valence-electron chi connectivity index (χ2n) is 6.59. The number of benzene rings is 2. The second kappa shape index (κ2) is 8.64. The Morgan fingerprint density at radius 1 is 1.23 bits per heavy atom. The van der Waals surface area contributed by atoms with Gasteiger partial charge in [-0.3, -0.25) is 14.9 Å². The largest absolute Gasteiger partial charge is 0.463 e. The number of alkyl halides is 3. The van der Waals surface area contributed by atoms with E-state index in [1.165, 1.54) is 48.4 Å². The van der Waals surface area contributed by atoms with E-state index in [-0.39, 0.29) is 35.9 Å². The number of nitrogens with zero attached hydrogens (tertiary/aromatic N) is 2. The molecule has 0 saturated heterocycles. The van der Waals surface area contributed by atoms with Crippen LogP contribution in [0.3, 0.4) is 0 Å². The first-order valence-electron chi connectivity index (χ1n) is 9.02. The SMILES string of the molecule is COCCN1C(C(N)=O)=C(c2ccccc2[N+](=O)[O-])OC1c1ccc(C(F)(F)F)cc1. The lowest BCUT2D eigenvalue weighted by Crippen LogP contribution is -2.33. The fourth-order valence-corrected chi connectivity index (χ4v) is 3.25. The summed E-state index contributed by atoms with van der Waals surface area (Å²) in [6, 6.07) is 9.84. The highest BCUT2D eigenvalue weighted by molar-refractivity contribution is 6.00. The van der Waals surface area contributed by atoms with Crippen LogP contribution in [0.5, 0.6) is 0 Å². The van der Waals surface area contributed by atoms with Crippen LogP contribution in [-0.2, 0) is 20.4 Å². The number of amides is 1. The van der Waals surface area contributed by atoms with Crippen molar-refractivity contribution in [3.8, 4) is 0 Å². The van der Waals surface area contributed by atoms with E-state index in [2.05, 4.69) is 0 Å². The molecule has 3 rings (SSSR count). The van der Waals surface area contributed by atoms with Crippen LogP contribution in [0.25, 0.3) is 5.76 Å². The second-order valence-corrected chi connectivity index (χ2v) is 6.59. The van der Waals surface area contributed by atoms with E-state index < -0.39 is 28.8 Å². The van der Waals surface area contributed by atoms with Gasteiger partial charge in [-0.15, -0.1) is 0 Å². The molecular formula is C20H18F3N3O5. The van der Waals surface area contributed by atoms with Crippen LogP contribution in [0.4, 0.5) is 18.9 Å². The predicted molar refractivity (Wildman–Crippen MR) is 103 cm³/mol. The molecule has 2 aromatic carbocycles. The van der Waals surface area contributed by atoms with Gasteiger partial charge in [0.2, 0.25) is 0 Å². The molecule has 0 radical (unpaired) electrons. The maximum absolute atomic E-state index is 12.9. The molecule has 0 fully saturated rings. The van der Waals surface area contributed by atoms with Crippen molar-refractivity contribution >= 4 is 17.4 Å². The lowest BCUT2D eigenvalue weighted by atomic mass is 10.1. The van der Waals surface area contributed by atoms with Gasteiger partial charge in [0.15, 0.2) is 12.0 Å². The zero-order valence-electron chi connectivity index (χ0n) is 16.3. The molecule has 1 aliphatic rings. The Labute approximate surface area is 174 Å². The molecule has 0 spiro atoms. The summed E-state index contributed by atoms with van der Waals surface area (Å²) in [5.74, 6) is -1.03. The Balaban J connectivity index is 2.10. The third-order valence-electron chi connectivity index (χ3n) is 4.65. The summed E-state index contributed by atoms with van der Waals surface area (Å²) in [4.78, 5) is 24.5. The van der Waals surface area contributed by atoms with Gasteiger partial charge in [-0.2, -0.15) is 13.2 Å². The normalized spacial score (nSPS) is 16.4. The number of carbonyl (C=O) groups excluding carboxylic acids is 1. The van der Waals surface area contributed by atoms with Crippen LogP contribution in [-0.4, -0.2) is 36.0 Å². The summed E-state index contributed by atoms with van der Waals surface area (Å²) < 4.78 is 49.7. The molecular weight excluding hydrogens is 419 g/mol. The Bertz CT molecular complexity index is 1020. The molecule has 1 amide bonds. The molecule has 2 aromatic rings. The number of halogens is 3. The molecule has 164 valence electrons. The molecule has 0 saturated carbocycles. The molecule has 1 unspecified atom stereocenters. The van der Waals surface area contributed by atoms with Gasteiger partial charge in [-0.1, -0.05) is 24.3 Å². The maximum Gasteiger partial charge on any atom is 0.416 e. The van der Waals surface area contributed by atoms with E-state index in [0.29, 0.717) is 5.56 Å². The average molecular weight is 437 g/mol. The van der Waals surface area contributed by atoms with Crippen molar-refractivity contribution in [2.45, 2.75) is 12.4 Å². The van der Waals surface area contributed by atoms with Gasteiger partial charge in [-0.25, -0.2) is 0 Å². The number of rotatable bonds is 7. The summed E-state index contributed by atoms with van der Waals surface area (Å²) in [6.07, 6.45) is -5.55. The molecule has 0 bridgehead atoms. The first-order valence-corrected chi connectivity index (χ1v) is 9.02. The van der Waals surface area contributed by atoms with Gasteiger partial charge < -0.3 is 20.1 Å². The van der Waals surface area contributed by atoms with Gasteiger partial charge in [-0.05, 0) is 18.2 Å². The van der Waals surface area contributed by atoms with Crippen molar-refractivity contribution in [3.05, 3.63) is 81.0 Å². The third-order valence-corrected chi connectivity index (χ3v) is 4.65. The lowest BCUT2D eigenvalue weighted by Gasteiger charge is -2.26. The van der Waals surface area contributed by atoms with E-state index in [1.54, 1.807) is 0 Å². The van der Waals surface area contributed by atoms with E-state index in [0.717, 1.165) is 12.1 Å². The van der Waals surface area contributed by atoms with Gasteiger partial charge in [0.25, 0.3) is 11.6 Å². The molecule has 1 aliphatic heterocycles. The maximum atomic E-state index is 12.9. The number of ether oxygens (including phenoxy) is 2. The average Bonchev–Trinajstić information content (AvgIpc) is 3.11. The van der Waals surface area contributed by atoms with Crippen molar-refractivity contribution in [1.29, 1.82) is 0 Å². The van der Waals surface area contributed by atoms with Crippen LogP contribution >= 0.6 is 0 Å². The van der Waals surface area contributed by atoms with Gasteiger partial charge in [0.05, 0.1) is 22.7 Å². The highest BCUT2D eigenvalue weighted by Gasteiger charge is 2.40. The summed E-state index contributed by atoms with van der Waals surface area (Å²) in [7, 11) is 1.43. The van der Waals surface area contributed by atoms with E-state index in [4.69, 9.17) is 15.2 Å². The Hall–Kier alpha value is -3.60. The monoisotopic (exact) mass is 437 g/mol. The summed E-state index contributed by atoms with van der Waals surface area (Å²) in [5.41, 5.74) is 4.60. The molecule has 1 atom stereocenters. The highest BCUT2D eigenvalue weighted by atomic mass is 19.4. The minimum atomic E-state index is -4.52. The number of nitrogens with two attached hydrogens (primary N) is 1. The lowest BCUT2D eigenvalue weighted by molar-refractivity contribution is -0.385. The third kappa shape index (κ3) is 4.45. The predicted octanol–water partition coefficient (Wildman–Crippen LogP) is 3.44. The minimum Gasteiger partial charge on any atom is -0.463 e. The number of primary amides is 1. The van der Waals surface area contributed by atoms with Crippen molar-refractivity contribution < 1.29 is 32.4 Å². The quantitative estimate of drug-likeness (QED) is 0.525. The first-order chi connectivity index (χ1) is 14.6. The van der Waals surface area contributed by atoms with Gasteiger partial charge >= 0.3 is 6.18 Å². The zero-order valence-corrected chi connectivity index (χ0v) is 16.3. The number of hydrogen-bond acceptors (Lipinski definition) is 6. The van der Waals surface area contributed by atoms with Crippen LogP contribution in [0, 0.1) is 10.1 Å². The topological polar surface area (TPSA) is 108 Å². The number of nitro benzene ring substituents is 1. The zero-order chi connectivity index (χ0) is 22.8. The Morgan fingerprint density at radius 3 is 2.42 bits per heavy atom. The van der Waals surface area contributed by atoms with Crippen LogP contribution in [0.15, 0.2) is 54.2 Å². The molecule has 2 N–H and O–H groups in total. The van der Waals surface area contributed by atoms with E-state index in [9.17, 15) is 28.1 Å². The molecule has 11 heteroatoms. The number of nitro groups is 1. The van der Waals surface area contributed by atoms with Gasteiger partial charge in [0.1, 0.15) is 5.70 Å². The molecule has 8 nitrogen and oxygen atoms in total. The Morgan fingerprint density at radius 2 is 1.87 bits per heavy atom. The van der Waals surface area contributed by atoms with Crippen LogP contribution in [0.1, 0.15) is 22.9 Å². The molecule has 0 aliphatic carbocycles. The van der Waals surface area contributed by atoms with E-state index >= 15 is 0 Å². The van der Waals surface area contributed by atoms with Crippen molar-refractivity contribution in [2.24, 2.45) is 5.73 Å². The summed E-state index contributed by atoms with van der Waals surface area (Å²) in [5, 5.41) is 11.5. The minimum absolute atomic E-state index is 0.0260. The van der Waals surface area contributed by atoms with Crippen LogP contribution < -0.4 is 5.73 Å². The molecule has 31 heavy (non-hydrogen) atoms. The molecule has 1 heterocycles.